The van der Waals surface area contributed by atoms with Gasteiger partial charge in [-0.2, -0.15) is 0 Å². The van der Waals surface area contributed by atoms with Crippen LogP contribution in [0.1, 0.15) is 41.6 Å². The Morgan fingerprint density at radius 3 is 2.74 bits per heavy atom. The van der Waals surface area contributed by atoms with Crippen molar-refractivity contribution in [3.8, 4) is 0 Å². The van der Waals surface area contributed by atoms with Gasteiger partial charge in [0.15, 0.2) is 0 Å². The number of hydrogen-bond donors (Lipinski definition) is 1. The lowest BCUT2D eigenvalue weighted by Crippen LogP contribution is -2.39. The lowest BCUT2D eigenvalue weighted by Gasteiger charge is -2.33. The second-order valence-corrected chi connectivity index (χ2v) is 5.52. The lowest BCUT2D eigenvalue weighted by molar-refractivity contribution is 0.427. The Labute approximate surface area is 115 Å². The first-order valence-electron chi connectivity index (χ1n) is 7.18. The van der Waals surface area contributed by atoms with E-state index in [0.29, 0.717) is 12.1 Å². The van der Waals surface area contributed by atoms with E-state index in [2.05, 4.69) is 67.7 Å². The number of rotatable bonds is 2. The predicted molar refractivity (Wildman–Crippen MR) is 80.4 cm³/mol. The largest absolute Gasteiger partial charge is 0.303 e. The number of nitrogens with one attached hydrogen (secondary N) is 1. The van der Waals surface area contributed by atoms with E-state index >= 15 is 0 Å². The first-order chi connectivity index (χ1) is 9.28. The van der Waals surface area contributed by atoms with Gasteiger partial charge < -0.3 is 5.32 Å². The molecule has 1 N–H and O–H groups in total. The first-order valence-corrected chi connectivity index (χ1v) is 7.18. The summed E-state index contributed by atoms with van der Waals surface area (Å²) < 4.78 is 0. The van der Waals surface area contributed by atoms with E-state index in [9.17, 15) is 0 Å². The van der Waals surface area contributed by atoms with Crippen LogP contribution < -0.4 is 5.32 Å². The second-order valence-electron chi connectivity index (χ2n) is 5.52. The molecule has 1 aliphatic rings. The first kappa shape index (κ1) is 12.4. The van der Waals surface area contributed by atoms with Crippen LogP contribution in [0.25, 0.3) is 0 Å². The topological polar surface area (TPSA) is 12.0 Å². The Kier molecular flexibility index (Phi) is 3.39. The molecular weight excluding hydrogens is 230 g/mol. The lowest BCUT2D eigenvalue weighted by atomic mass is 9.86. The molecule has 98 valence electrons. The van der Waals surface area contributed by atoms with Crippen molar-refractivity contribution in [3.63, 3.8) is 0 Å². The molecule has 0 fully saturated rings. The Morgan fingerprint density at radius 1 is 1.11 bits per heavy atom. The molecule has 2 aromatic carbocycles. The van der Waals surface area contributed by atoms with Crippen LogP contribution in [-0.2, 0) is 6.42 Å². The molecule has 2 unspecified atom stereocenters. The third-order valence-electron chi connectivity index (χ3n) is 4.10. The SMILES string of the molecule is CCC1Cc2ccccc2C(c2cccc(C)c2)N1. The number of benzene rings is 2. The third kappa shape index (κ3) is 2.43. The summed E-state index contributed by atoms with van der Waals surface area (Å²) in [5.41, 5.74) is 5.65. The van der Waals surface area contributed by atoms with Gasteiger partial charge in [0.2, 0.25) is 0 Å². The van der Waals surface area contributed by atoms with Gasteiger partial charge in [-0.15, -0.1) is 0 Å². The molecule has 1 aliphatic heterocycles. The third-order valence-corrected chi connectivity index (χ3v) is 4.10. The van der Waals surface area contributed by atoms with Crippen molar-refractivity contribution in [1.82, 2.24) is 5.32 Å². The Balaban J connectivity index is 2.05. The Hall–Kier alpha value is -1.60. The van der Waals surface area contributed by atoms with Crippen LogP contribution in [0.4, 0.5) is 0 Å². The minimum absolute atomic E-state index is 0.342. The van der Waals surface area contributed by atoms with Gasteiger partial charge in [-0.25, -0.2) is 0 Å². The molecule has 0 saturated heterocycles. The van der Waals surface area contributed by atoms with E-state index in [1.807, 2.05) is 0 Å². The van der Waals surface area contributed by atoms with E-state index in [1.165, 1.54) is 28.7 Å². The van der Waals surface area contributed by atoms with Gasteiger partial charge in [-0.05, 0) is 36.5 Å². The molecule has 0 amide bonds. The van der Waals surface area contributed by atoms with Crippen LogP contribution in [0.5, 0.6) is 0 Å². The molecule has 2 aromatic rings. The van der Waals surface area contributed by atoms with Crippen molar-refractivity contribution in [2.45, 2.75) is 38.8 Å². The van der Waals surface area contributed by atoms with E-state index in [1.54, 1.807) is 0 Å². The normalized spacial score (nSPS) is 22.0. The average Bonchev–Trinajstić information content (AvgIpc) is 2.46. The molecular formula is C18H21N. The zero-order valence-electron chi connectivity index (χ0n) is 11.7. The maximum Gasteiger partial charge on any atom is 0.0581 e. The van der Waals surface area contributed by atoms with Crippen molar-refractivity contribution >= 4 is 0 Å². The summed E-state index contributed by atoms with van der Waals surface area (Å²) in [7, 11) is 0. The Morgan fingerprint density at radius 2 is 1.95 bits per heavy atom. The smallest absolute Gasteiger partial charge is 0.0581 e. The van der Waals surface area contributed by atoms with Crippen LogP contribution in [0, 0.1) is 6.92 Å². The van der Waals surface area contributed by atoms with E-state index in [-0.39, 0.29) is 0 Å². The highest BCUT2D eigenvalue weighted by Gasteiger charge is 2.25. The van der Waals surface area contributed by atoms with Gasteiger partial charge in [-0.1, -0.05) is 61.0 Å². The van der Waals surface area contributed by atoms with Crippen LogP contribution in [0.15, 0.2) is 48.5 Å². The number of hydrogen-bond acceptors (Lipinski definition) is 1. The predicted octanol–water partition coefficient (Wildman–Crippen LogP) is 4.01. The van der Waals surface area contributed by atoms with Gasteiger partial charge in [0.05, 0.1) is 6.04 Å². The van der Waals surface area contributed by atoms with E-state index in [0.717, 1.165) is 6.42 Å². The Bertz CT molecular complexity index is 573. The van der Waals surface area contributed by atoms with Gasteiger partial charge in [0.1, 0.15) is 0 Å². The van der Waals surface area contributed by atoms with Gasteiger partial charge >= 0.3 is 0 Å². The number of fused-ring (bicyclic) bond motifs is 1. The van der Waals surface area contributed by atoms with Crippen molar-refractivity contribution in [2.75, 3.05) is 0 Å². The van der Waals surface area contributed by atoms with Crippen LogP contribution in [-0.4, -0.2) is 6.04 Å². The minimum atomic E-state index is 0.342. The summed E-state index contributed by atoms with van der Waals surface area (Å²) in [5.74, 6) is 0. The van der Waals surface area contributed by atoms with Crippen molar-refractivity contribution in [3.05, 3.63) is 70.8 Å². The molecule has 2 atom stereocenters. The summed E-state index contributed by atoms with van der Waals surface area (Å²) in [6.45, 7) is 4.43. The summed E-state index contributed by atoms with van der Waals surface area (Å²) in [6.07, 6.45) is 2.33. The van der Waals surface area contributed by atoms with Gasteiger partial charge in [0.25, 0.3) is 0 Å². The molecule has 1 heteroatoms. The maximum atomic E-state index is 3.80. The summed E-state index contributed by atoms with van der Waals surface area (Å²) in [4.78, 5) is 0. The minimum Gasteiger partial charge on any atom is -0.303 e. The van der Waals surface area contributed by atoms with E-state index in [4.69, 9.17) is 0 Å². The van der Waals surface area contributed by atoms with E-state index < -0.39 is 0 Å². The maximum absolute atomic E-state index is 3.80. The molecule has 19 heavy (non-hydrogen) atoms. The fourth-order valence-electron chi connectivity index (χ4n) is 3.04. The second kappa shape index (κ2) is 5.18. The molecule has 0 saturated carbocycles. The fourth-order valence-corrected chi connectivity index (χ4v) is 3.04. The van der Waals surface area contributed by atoms with Gasteiger partial charge in [-0.3, -0.25) is 0 Å². The molecule has 0 bridgehead atoms. The van der Waals surface area contributed by atoms with Crippen LogP contribution in [0.2, 0.25) is 0 Å². The molecule has 0 spiro atoms. The molecule has 0 radical (unpaired) electrons. The highest BCUT2D eigenvalue weighted by molar-refractivity contribution is 5.41. The molecule has 0 aliphatic carbocycles. The monoisotopic (exact) mass is 251 g/mol. The molecule has 3 rings (SSSR count). The standard InChI is InChI=1S/C18H21N/c1-3-16-12-14-8-4-5-10-17(14)18(19-16)15-9-6-7-13(2)11-15/h4-11,16,18-19H,3,12H2,1-2H3. The fraction of sp³-hybridized carbons (Fsp3) is 0.333. The van der Waals surface area contributed by atoms with Crippen molar-refractivity contribution < 1.29 is 0 Å². The zero-order chi connectivity index (χ0) is 13.2. The highest BCUT2D eigenvalue weighted by Crippen LogP contribution is 2.31. The van der Waals surface area contributed by atoms with Crippen molar-refractivity contribution in [1.29, 1.82) is 0 Å². The van der Waals surface area contributed by atoms with Gasteiger partial charge in [0, 0.05) is 6.04 Å². The summed E-state index contributed by atoms with van der Waals surface area (Å²) in [5, 5.41) is 3.80. The zero-order valence-corrected chi connectivity index (χ0v) is 11.7. The quantitative estimate of drug-likeness (QED) is 0.850. The summed E-state index contributed by atoms with van der Waals surface area (Å²) >= 11 is 0. The molecule has 1 heterocycles. The highest BCUT2D eigenvalue weighted by atomic mass is 15.0. The summed E-state index contributed by atoms with van der Waals surface area (Å²) in [6, 6.07) is 18.6. The molecule has 1 nitrogen and oxygen atoms in total. The molecule has 0 aromatic heterocycles. The van der Waals surface area contributed by atoms with Crippen LogP contribution in [0.3, 0.4) is 0 Å². The van der Waals surface area contributed by atoms with Crippen LogP contribution >= 0.6 is 0 Å². The average molecular weight is 251 g/mol. The van der Waals surface area contributed by atoms with Crippen molar-refractivity contribution in [2.24, 2.45) is 0 Å². The number of aryl methyl sites for hydroxylation is 1.